The number of ether oxygens (including phenoxy) is 1. The van der Waals surface area contributed by atoms with Crippen molar-refractivity contribution in [2.75, 3.05) is 13.1 Å². The van der Waals surface area contributed by atoms with Gasteiger partial charge in [-0.3, -0.25) is 4.68 Å². The van der Waals surface area contributed by atoms with Gasteiger partial charge < -0.3 is 18.9 Å². The fourth-order valence-corrected chi connectivity index (χ4v) is 5.82. The molecule has 2 aliphatic heterocycles. The van der Waals surface area contributed by atoms with Gasteiger partial charge in [0.1, 0.15) is 5.60 Å². The van der Waals surface area contributed by atoms with E-state index in [9.17, 15) is 13.6 Å². The van der Waals surface area contributed by atoms with Crippen LogP contribution in [0.1, 0.15) is 85.5 Å². The van der Waals surface area contributed by atoms with Crippen molar-refractivity contribution in [3.8, 4) is 0 Å². The summed E-state index contributed by atoms with van der Waals surface area (Å²) >= 11 is 0. The highest BCUT2D eigenvalue weighted by atomic mass is 19.3. The largest absolute Gasteiger partial charge is 0.516 e. The summed E-state index contributed by atoms with van der Waals surface area (Å²) in [4.78, 5) is 14.2. The minimum atomic E-state index is -2.68. The number of piperidine rings is 1. The van der Waals surface area contributed by atoms with Gasteiger partial charge in [-0.2, -0.15) is 5.10 Å². The molecule has 4 aliphatic rings. The maximum absolute atomic E-state index is 14.8. The van der Waals surface area contributed by atoms with Gasteiger partial charge in [0, 0.05) is 36.5 Å². The first-order valence-electron chi connectivity index (χ1n) is 12.8. The monoisotopic (exact) mass is 493 g/mol. The Balaban J connectivity index is 1.42. The average molecular weight is 493 g/mol. The molecule has 0 bridgehead atoms. The highest BCUT2D eigenvalue weighted by Crippen LogP contribution is 2.70. The lowest BCUT2D eigenvalue weighted by Gasteiger charge is -2.34. The Hall–Kier alpha value is -1.68. The Morgan fingerprint density at radius 3 is 2.20 bits per heavy atom. The summed E-state index contributed by atoms with van der Waals surface area (Å²) in [7, 11) is -0.686. The number of likely N-dealkylation sites (tertiary alicyclic amines) is 1. The average Bonchev–Trinajstić information content (AvgIpc) is 2.97. The maximum atomic E-state index is 14.8. The van der Waals surface area contributed by atoms with Crippen LogP contribution in [0.4, 0.5) is 13.6 Å². The molecule has 5 rings (SSSR count). The molecule has 3 fully saturated rings. The molecule has 194 valence electrons. The van der Waals surface area contributed by atoms with Crippen LogP contribution in [-0.4, -0.2) is 63.7 Å². The van der Waals surface area contributed by atoms with Crippen LogP contribution in [0, 0.1) is 11.3 Å². The summed E-state index contributed by atoms with van der Waals surface area (Å²) in [5.41, 5.74) is -0.285. The van der Waals surface area contributed by atoms with E-state index >= 15 is 0 Å². The number of carbonyl (C=O) groups is 1. The molecule has 7 nitrogen and oxygen atoms in total. The van der Waals surface area contributed by atoms with E-state index in [2.05, 4.69) is 0 Å². The van der Waals surface area contributed by atoms with E-state index in [1.165, 1.54) is 0 Å². The topological polar surface area (TPSA) is 65.8 Å². The van der Waals surface area contributed by atoms with Gasteiger partial charge in [-0.15, -0.1) is 0 Å². The molecule has 10 heteroatoms. The maximum Gasteiger partial charge on any atom is 0.516 e. The van der Waals surface area contributed by atoms with E-state index in [4.69, 9.17) is 19.1 Å². The molecule has 2 saturated heterocycles. The van der Waals surface area contributed by atoms with Crippen LogP contribution in [0.3, 0.4) is 0 Å². The molecule has 2 aliphatic carbocycles. The first kappa shape index (κ1) is 25.0. The normalized spacial score (nSPS) is 31.2. The molecule has 1 aromatic rings. The fourth-order valence-electron chi connectivity index (χ4n) is 5.82. The van der Waals surface area contributed by atoms with Crippen molar-refractivity contribution < 1.29 is 27.6 Å². The van der Waals surface area contributed by atoms with E-state index in [0.717, 1.165) is 11.3 Å². The van der Waals surface area contributed by atoms with Crippen LogP contribution in [0.5, 0.6) is 0 Å². The van der Waals surface area contributed by atoms with Crippen molar-refractivity contribution in [2.24, 2.45) is 11.3 Å². The molecular formula is C25H38BF2N3O4. The second kappa shape index (κ2) is 7.43. The highest BCUT2D eigenvalue weighted by molar-refractivity contribution is 6.61. The molecule has 0 spiro atoms. The molecule has 1 amide bonds. The summed E-state index contributed by atoms with van der Waals surface area (Å²) in [6.07, 6.45) is 1.64. The number of aromatic nitrogens is 2. The van der Waals surface area contributed by atoms with E-state index in [0.29, 0.717) is 37.9 Å². The van der Waals surface area contributed by atoms with Crippen LogP contribution in [0.25, 0.3) is 0 Å². The molecule has 35 heavy (non-hydrogen) atoms. The Labute approximate surface area is 207 Å². The van der Waals surface area contributed by atoms with Crippen molar-refractivity contribution in [1.82, 2.24) is 14.7 Å². The lowest BCUT2D eigenvalue weighted by molar-refractivity contribution is 0.00578. The predicted octanol–water partition coefficient (Wildman–Crippen LogP) is 4.12. The van der Waals surface area contributed by atoms with Crippen molar-refractivity contribution in [3.63, 3.8) is 0 Å². The zero-order chi connectivity index (χ0) is 25.8. The van der Waals surface area contributed by atoms with Crippen molar-refractivity contribution >= 4 is 18.8 Å². The number of hydrogen-bond acceptors (Lipinski definition) is 5. The SMILES string of the molecule is CC(C)(C)OC(=O)N1CCC(n2nc(B3OC(C)(C)C(C)(C)O3)c3c2CC2(C)C(C3)C2(F)F)CC1. The smallest absolute Gasteiger partial charge is 0.444 e. The number of fused-ring (bicyclic) bond motifs is 2. The van der Waals surface area contributed by atoms with Crippen molar-refractivity contribution in [2.45, 2.75) is 110 Å². The molecule has 0 radical (unpaired) electrons. The first-order valence-corrected chi connectivity index (χ1v) is 12.8. The standard InChI is InChI=1S/C25H38BF2N3O4/c1-21(2,3)33-20(32)30-11-9-15(10-12-30)31-17-14-24(8)18(25(24,27)28)13-16(17)19(29-31)26-34-22(4,5)23(6,7)35-26/h15,18H,9-14H2,1-8H3. The molecule has 1 saturated carbocycles. The van der Waals surface area contributed by atoms with Gasteiger partial charge in [-0.05, 0) is 73.3 Å². The molecule has 0 aromatic carbocycles. The molecule has 2 unspecified atom stereocenters. The van der Waals surface area contributed by atoms with E-state index < -0.39 is 41.2 Å². The number of halogens is 2. The third-order valence-electron chi connectivity index (χ3n) is 8.92. The molecule has 1 aromatic heterocycles. The Bertz CT molecular complexity index is 1030. The lowest BCUT2D eigenvalue weighted by atomic mass is 9.76. The van der Waals surface area contributed by atoms with Crippen LogP contribution >= 0.6 is 0 Å². The van der Waals surface area contributed by atoms with Crippen LogP contribution in [0.15, 0.2) is 0 Å². The number of hydrogen-bond donors (Lipinski definition) is 0. The van der Waals surface area contributed by atoms with Gasteiger partial charge in [0.15, 0.2) is 0 Å². The van der Waals surface area contributed by atoms with Crippen LogP contribution in [-0.2, 0) is 26.9 Å². The number of amides is 1. The van der Waals surface area contributed by atoms with Gasteiger partial charge in [0.25, 0.3) is 5.92 Å². The summed E-state index contributed by atoms with van der Waals surface area (Å²) in [6, 6.07) is 0.0196. The minimum absolute atomic E-state index is 0.0196. The number of rotatable bonds is 2. The van der Waals surface area contributed by atoms with E-state index in [1.54, 1.807) is 11.8 Å². The predicted molar refractivity (Wildman–Crippen MR) is 128 cm³/mol. The zero-order valence-corrected chi connectivity index (χ0v) is 22.2. The van der Waals surface area contributed by atoms with E-state index in [1.807, 2.05) is 53.1 Å². The van der Waals surface area contributed by atoms with Crippen LogP contribution < -0.4 is 5.59 Å². The molecule has 2 atom stereocenters. The van der Waals surface area contributed by atoms with E-state index in [-0.39, 0.29) is 18.6 Å². The van der Waals surface area contributed by atoms with Gasteiger partial charge in [0.2, 0.25) is 0 Å². The quantitative estimate of drug-likeness (QED) is 0.580. The Morgan fingerprint density at radius 2 is 1.66 bits per heavy atom. The second-order valence-corrected chi connectivity index (χ2v) is 13.0. The van der Waals surface area contributed by atoms with Crippen molar-refractivity contribution in [3.05, 3.63) is 11.3 Å². The number of nitrogens with zero attached hydrogens (tertiary/aromatic N) is 3. The number of carbonyl (C=O) groups excluding carboxylic acids is 1. The molecule has 3 heterocycles. The zero-order valence-electron chi connectivity index (χ0n) is 22.2. The number of alkyl halides is 2. The van der Waals surface area contributed by atoms with Crippen molar-refractivity contribution in [1.29, 1.82) is 0 Å². The molecule has 0 N–H and O–H groups in total. The minimum Gasteiger partial charge on any atom is -0.444 e. The summed E-state index contributed by atoms with van der Waals surface area (Å²) in [5, 5.41) is 4.98. The Kier molecular flexibility index (Phi) is 5.31. The summed E-state index contributed by atoms with van der Waals surface area (Å²) in [5.74, 6) is -3.35. The van der Waals surface area contributed by atoms with Crippen LogP contribution in [0.2, 0.25) is 0 Å². The highest BCUT2D eigenvalue weighted by Gasteiger charge is 2.78. The summed E-state index contributed by atoms with van der Waals surface area (Å²) in [6.45, 7) is 16.3. The first-order chi connectivity index (χ1) is 16.0. The lowest BCUT2D eigenvalue weighted by Crippen LogP contribution is -2.42. The van der Waals surface area contributed by atoms with Gasteiger partial charge in [0.05, 0.1) is 22.8 Å². The fraction of sp³-hybridized carbons (Fsp3) is 0.840. The van der Waals surface area contributed by atoms with Gasteiger partial charge in [-0.1, -0.05) is 6.92 Å². The third-order valence-corrected chi connectivity index (χ3v) is 8.92. The van der Waals surface area contributed by atoms with Gasteiger partial charge >= 0.3 is 13.2 Å². The third kappa shape index (κ3) is 3.81. The molecular weight excluding hydrogens is 455 g/mol. The van der Waals surface area contributed by atoms with Gasteiger partial charge in [-0.25, -0.2) is 13.6 Å². The summed E-state index contributed by atoms with van der Waals surface area (Å²) < 4.78 is 49.6. The second-order valence-electron chi connectivity index (χ2n) is 13.0. The Morgan fingerprint density at radius 1 is 1.09 bits per heavy atom.